The first-order valence-electron chi connectivity index (χ1n) is 8.69. The van der Waals surface area contributed by atoms with Crippen molar-refractivity contribution >= 4 is 11.8 Å². The van der Waals surface area contributed by atoms with Gasteiger partial charge in [-0.1, -0.05) is 17.7 Å². The highest BCUT2D eigenvalue weighted by molar-refractivity contribution is 5.97. The fourth-order valence-corrected chi connectivity index (χ4v) is 3.37. The van der Waals surface area contributed by atoms with Gasteiger partial charge in [-0.15, -0.1) is 0 Å². The Bertz CT molecular complexity index is 814. The average Bonchev–Trinajstić information content (AvgIpc) is 2.94. The van der Waals surface area contributed by atoms with Crippen LogP contribution in [0.15, 0.2) is 24.3 Å². The first-order chi connectivity index (χ1) is 11.9. The molecule has 2 amide bonds. The molecule has 5 heteroatoms. The number of hydrogen-bond acceptors (Lipinski definition) is 2. The lowest BCUT2D eigenvalue weighted by atomic mass is 10.0. The lowest BCUT2D eigenvalue weighted by Gasteiger charge is -2.35. The number of nitrogens with zero attached hydrogens (tertiary/aromatic N) is 2. The van der Waals surface area contributed by atoms with E-state index in [0.717, 1.165) is 33.6 Å². The normalized spacial score (nSPS) is 14.7. The largest absolute Gasteiger partial charge is 0.362 e. The summed E-state index contributed by atoms with van der Waals surface area (Å²) < 4.78 is 0. The number of carbonyl (C=O) groups is 2. The second kappa shape index (κ2) is 6.75. The summed E-state index contributed by atoms with van der Waals surface area (Å²) in [5.74, 6) is 0.0997. The number of carbonyl (C=O) groups excluding carboxylic acids is 2. The summed E-state index contributed by atoms with van der Waals surface area (Å²) >= 11 is 0. The summed E-state index contributed by atoms with van der Waals surface area (Å²) in [7, 11) is 0. The number of piperazine rings is 1. The Balaban J connectivity index is 1.67. The summed E-state index contributed by atoms with van der Waals surface area (Å²) in [4.78, 5) is 32.3. The van der Waals surface area contributed by atoms with Crippen molar-refractivity contribution < 1.29 is 9.59 Å². The quantitative estimate of drug-likeness (QED) is 0.915. The van der Waals surface area contributed by atoms with Gasteiger partial charge in [-0.2, -0.15) is 0 Å². The molecule has 2 aromatic rings. The van der Waals surface area contributed by atoms with Crippen LogP contribution >= 0.6 is 0 Å². The van der Waals surface area contributed by atoms with Crippen molar-refractivity contribution in [3.63, 3.8) is 0 Å². The second-order valence-corrected chi connectivity index (χ2v) is 6.89. The highest BCUT2D eigenvalue weighted by Crippen LogP contribution is 2.17. The van der Waals surface area contributed by atoms with Crippen molar-refractivity contribution in [3.8, 4) is 0 Å². The van der Waals surface area contributed by atoms with E-state index in [1.165, 1.54) is 0 Å². The molecule has 1 saturated heterocycles. The molecule has 0 spiro atoms. The average molecular weight is 339 g/mol. The van der Waals surface area contributed by atoms with Gasteiger partial charge in [-0.05, 0) is 45.4 Å². The molecule has 0 radical (unpaired) electrons. The summed E-state index contributed by atoms with van der Waals surface area (Å²) in [6.07, 6.45) is 0. The van der Waals surface area contributed by atoms with E-state index in [9.17, 15) is 9.59 Å². The Labute approximate surface area is 148 Å². The summed E-state index contributed by atoms with van der Waals surface area (Å²) in [6, 6.07) is 7.84. The minimum atomic E-state index is 0.0423. The zero-order chi connectivity index (χ0) is 18.1. The predicted molar refractivity (Wildman–Crippen MR) is 98.0 cm³/mol. The molecule has 132 valence electrons. The maximum Gasteiger partial charge on any atom is 0.255 e. The Morgan fingerprint density at radius 2 is 1.40 bits per heavy atom. The van der Waals surface area contributed by atoms with Crippen molar-refractivity contribution in [2.45, 2.75) is 27.7 Å². The first-order valence-corrected chi connectivity index (χ1v) is 8.69. The fraction of sp³-hybridized carbons (Fsp3) is 0.400. The van der Waals surface area contributed by atoms with Crippen LogP contribution in [-0.2, 0) is 0 Å². The van der Waals surface area contributed by atoms with E-state index in [2.05, 4.69) is 4.98 Å². The van der Waals surface area contributed by atoms with Gasteiger partial charge in [-0.3, -0.25) is 9.59 Å². The van der Waals surface area contributed by atoms with Crippen molar-refractivity contribution in [2.75, 3.05) is 26.2 Å². The van der Waals surface area contributed by atoms with Crippen LogP contribution in [0.4, 0.5) is 0 Å². The van der Waals surface area contributed by atoms with Crippen LogP contribution in [0.1, 0.15) is 43.2 Å². The molecule has 25 heavy (non-hydrogen) atoms. The topological polar surface area (TPSA) is 56.4 Å². The Morgan fingerprint density at radius 1 is 0.840 bits per heavy atom. The molecule has 2 heterocycles. The van der Waals surface area contributed by atoms with Crippen molar-refractivity contribution in [2.24, 2.45) is 0 Å². The van der Waals surface area contributed by atoms with Gasteiger partial charge < -0.3 is 14.8 Å². The molecule has 1 N–H and O–H groups in total. The van der Waals surface area contributed by atoms with Crippen molar-refractivity contribution in [3.05, 3.63) is 57.9 Å². The van der Waals surface area contributed by atoms with E-state index in [1.54, 1.807) is 0 Å². The molecular weight excluding hydrogens is 314 g/mol. The lowest BCUT2D eigenvalue weighted by Crippen LogP contribution is -2.50. The van der Waals surface area contributed by atoms with E-state index in [1.807, 2.05) is 61.8 Å². The summed E-state index contributed by atoms with van der Waals surface area (Å²) in [5, 5.41) is 0. The van der Waals surface area contributed by atoms with Crippen molar-refractivity contribution in [1.29, 1.82) is 0 Å². The SMILES string of the molecule is Cc1ccc(C)c(C(=O)N2CCN(C(=O)c3cc(C)[nH]c3C)CC2)c1. The number of hydrogen-bond donors (Lipinski definition) is 1. The third kappa shape index (κ3) is 3.45. The highest BCUT2D eigenvalue weighted by Gasteiger charge is 2.27. The summed E-state index contributed by atoms with van der Waals surface area (Å²) in [5.41, 5.74) is 5.46. The van der Waals surface area contributed by atoms with Crippen LogP contribution in [-0.4, -0.2) is 52.8 Å². The molecule has 1 aromatic carbocycles. The van der Waals surface area contributed by atoms with Gasteiger partial charge in [0, 0.05) is 43.1 Å². The predicted octanol–water partition coefficient (Wildman–Crippen LogP) is 2.85. The number of nitrogens with one attached hydrogen (secondary N) is 1. The smallest absolute Gasteiger partial charge is 0.255 e. The molecule has 1 aliphatic heterocycles. The molecule has 3 rings (SSSR count). The standard InChI is InChI=1S/C20H25N3O2/c1-13-5-6-14(2)17(11-13)19(24)22-7-9-23(10-8-22)20(25)18-12-15(3)21-16(18)4/h5-6,11-12,21H,7-10H2,1-4H3. The Kier molecular flexibility index (Phi) is 4.66. The van der Waals surface area contributed by atoms with Crippen LogP contribution in [0.5, 0.6) is 0 Å². The maximum absolute atomic E-state index is 12.8. The van der Waals surface area contributed by atoms with Crippen LogP contribution in [0.3, 0.4) is 0 Å². The number of benzene rings is 1. The minimum absolute atomic E-state index is 0.0423. The zero-order valence-electron chi connectivity index (χ0n) is 15.3. The van der Waals surface area contributed by atoms with Gasteiger partial charge in [0.15, 0.2) is 0 Å². The zero-order valence-corrected chi connectivity index (χ0v) is 15.3. The lowest BCUT2D eigenvalue weighted by molar-refractivity contribution is 0.0534. The van der Waals surface area contributed by atoms with Gasteiger partial charge in [0.2, 0.25) is 0 Å². The van der Waals surface area contributed by atoms with E-state index < -0.39 is 0 Å². The van der Waals surface area contributed by atoms with E-state index in [0.29, 0.717) is 26.2 Å². The van der Waals surface area contributed by atoms with E-state index >= 15 is 0 Å². The fourth-order valence-electron chi connectivity index (χ4n) is 3.37. The third-order valence-corrected chi connectivity index (χ3v) is 4.86. The third-order valence-electron chi connectivity index (χ3n) is 4.86. The number of amides is 2. The minimum Gasteiger partial charge on any atom is -0.362 e. The second-order valence-electron chi connectivity index (χ2n) is 6.89. The molecule has 0 saturated carbocycles. The monoisotopic (exact) mass is 339 g/mol. The number of H-pyrrole nitrogens is 1. The molecular formula is C20H25N3O2. The number of aromatic nitrogens is 1. The molecule has 0 bridgehead atoms. The maximum atomic E-state index is 12.8. The van der Waals surface area contributed by atoms with Gasteiger partial charge in [0.1, 0.15) is 0 Å². The molecule has 1 aliphatic rings. The highest BCUT2D eigenvalue weighted by atomic mass is 16.2. The van der Waals surface area contributed by atoms with E-state index in [4.69, 9.17) is 0 Å². The number of aryl methyl sites for hydroxylation is 4. The van der Waals surface area contributed by atoms with Crippen LogP contribution in [0, 0.1) is 27.7 Å². The van der Waals surface area contributed by atoms with E-state index in [-0.39, 0.29) is 11.8 Å². The van der Waals surface area contributed by atoms with Gasteiger partial charge >= 0.3 is 0 Å². The van der Waals surface area contributed by atoms with Gasteiger partial charge in [0.25, 0.3) is 11.8 Å². The number of rotatable bonds is 2. The van der Waals surface area contributed by atoms with Gasteiger partial charge in [-0.25, -0.2) is 0 Å². The van der Waals surface area contributed by atoms with Crippen LogP contribution < -0.4 is 0 Å². The number of aromatic amines is 1. The molecule has 0 atom stereocenters. The van der Waals surface area contributed by atoms with Crippen molar-refractivity contribution in [1.82, 2.24) is 14.8 Å². The van der Waals surface area contributed by atoms with Gasteiger partial charge in [0.05, 0.1) is 5.56 Å². The molecule has 0 unspecified atom stereocenters. The molecule has 1 aromatic heterocycles. The Morgan fingerprint density at radius 3 is 1.92 bits per heavy atom. The summed E-state index contributed by atoms with van der Waals surface area (Å²) in [6.45, 7) is 10.1. The molecule has 5 nitrogen and oxygen atoms in total. The van der Waals surface area contributed by atoms with Crippen LogP contribution in [0.25, 0.3) is 0 Å². The van der Waals surface area contributed by atoms with Crippen LogP contribution in [0.2, 0.25) is 0 Å². The molecule has 0 aliphatic carbocycles. The first kappa shape index (κ1) is 17.3. The molecule has 1 fully saturated rings. The Hall–Kier alpha value is -2.56.